The van der Waals surface area contributed by atoms with Gasteiger partial charge >= 0.3 is 0 Å². The highest BCUT2D eigenvalue weighted by molar-refractivity contribution is 5.78. The third-order valence-corrected chi connectivity index (χ3v) is 4.17. The standard InChI is InChI=1S/C17H23NO4/c1-12(18(14-5-6-14)17(19)11-20-2)13-4-7-15-16(10-13)22-9-3-8-21-15/h4,7,10,12,14H,3,5-6,8-9,11H2,1-2H3. The fourth-order valence-corrected chi connectivity index (χ4v) is 2.89. The van der Waals surface area contributed by atoms with Gasteiger partial charge in [-0.05, 0) is 37.5 Å². The SMILES string of the molecule is COCC(=O)N(C1CC1)C(C)c1ccc2c(c1)OCCCO2. The van der Waals surface area contributed by atoms with E-state index in [1.807, 2.05) is 23.1 Å². The van der Waals surface area contributed by atoms with Crippen molar-refractivity contribution in [2.75, 3.05) is 26.9 Å². The molecule has 2 aliphatic rings. The van der Waals surface area contributed by atoms with Gasteiger partial charge in [-0.2, -0.15) is 0 Å². The fourth-order valence-electron chi connectivity index (χ4n) is 2.89. The molecule has 1 amide bonds. The number of rotatable bonds is 5. The molecule has 0 spiro atoms. The summed E-state index contributed by atoms with van der Waals surface area (Å²) in [5, 5.41) is 0. The molecular weight excluding hydrogens is 282 g/mol. The number of fused-ring (bicyclic) bond motifs is 1. The molecule has 5 heteroatoms. The molecule has 1 aromatic rings. The van der Waals surface area contributed by atoms with E-state index in [2.05, 4.69) is 6.92 Å². The van der Waals surface area contributed by atoms with Crippen LogP contribution in [0, 0.1) is 0 Å². The molecule has 0 saturated heterocycles. The average Bonchev–Trinajstić information content (AvgIpc) is 3.33. The van der Waals surface area contributed by atoms with Gasteiger partial charge in [-0.3, -0.25) is 4.79 Å². The highest BCUT2D eigenvalue weighted by Crippen LogP contribution is 2.38. The molecule has 1 heterocycles. The van der Waals surface area contributed by atoms with Gasteiger partial charge < -0.3 is 19.1 Å². The Balaban J connectivity index is 1.82. The van der Waals surface area contributed by atoms with E-state index in [1.165, 1.54) is 0 Å². The van der Waals surface area contributed by atoms with E-state index in [0.29, 0.717) is 19.3 Å². The van der Waals surface area contributed by atoms with Crippen molar-refractivity contribution in [2.45, 2.75) is 38.3 Å². The number of benzene rings is 1. The molecule has 1 aliphatic carbocycles. The third-order valence-electron chi connectivity index (χ3n) is 4.17. The van der Waals surface area contributed by atoms with Crippen molar-refractivity contribution < 1.29 is 19.0 Å². The molecule has 120 valence electrons. The van der Waals surface area contributed by atoms with Crippen LogP contribution < -0.4 is 9.47 Å². The molecule has 1 aromatic carbocycles. The molecule has 1 atom stereocenters. The van der Waals surface area contributed by atoms with Crippen molar-refractivity contribution in [3.63, 3.8) is 0 Å². The van der Waals surface area contributed by atoms with Gasteiger partial charge in [0.2, 0.25) is 5.91 Å². The van der Waals surface area contributed by atoms with Gasteiger partial charge in [0.1, 0.15) is 6.61 Å². The Morgan fingerprint density at radius 1 is 1.32 bits per heavy atom. The quantitative estimate of drug-likeness (QED) is 0.839. The van der Waals surface area contributed by atoms with Crippen LogP contribution in [0.15, 0.2) is 18.2 Å². The maximum atomic E-state index is 12.3. The van der Waals surface area contributed by atoms with Crippen molar-refractivity contribution in [1.29, 1.82) is 0 Å². The Labute approximate surface area is 131 Å². The summed E-state index contributed by atoms with van der Waals surface area (Å²) < 4.78 is 16.4. The van der Waals surface area contributed by atoms with E-state index < -0.39 is 0 Å². The van der Waals surface area contributed by atoms with Crippen molar-refractivity contribution in [3.05, 3.63) is 23.8 Å². The van der Waals surface area contributed by atoms with E-state index in [9.17, 15) is 4.79 Å². The van der Waals surface area contributed by atoms with E-state index in [1.54, 1.807) is 7.11 Å². The van der Waals surface area contributed by atoms with Gasteiger partial charge in [-0.25, -0.2) is 0 Å². The summed E-state index contributed by atoms with van der Waals surface area (Å²) >= 11 is 0. The lowest BCUT2D eigenvalue weighted by Crippen LogP contribution is -2.37. The van der Waals surface area contributed by atoms with Crippen LogP contribution in [-0.4, -0.2) is 43.8 Å². The minimum Gasteiger partial charge on any atom is -0.490 e. The number of nitrogens with zero attached hydrogens (tertiary/aromatic N) is 1. The third kappa shape index (κ3) is 3.19. The summed E-state index contributed by atoms with van der Waals surface area (Å²) in [4.78, 5) is 14.3. The largest absolute Gasteiger partial charge is 0.490 e. The summed E-state index contributed by atoms with van der Waals surface area (Å²) in [6.45, 7) is 3.54. The number of hydrogen-bond acceptors (Lipinski definition) is 4. The molecular formula is C17H23NO4. The van der Waals surface area contributed by atoms with E-state index in [-0.39, 0.29) is 18.6 Å². The van der Waals surface area contributed by atoms with Gasteiger partial charge in [0.05, 0.1) is 19.3 Å². The molecule has 3 rings (SSSR count). The Kier molecular flexibility index (Phi) is 4.52. The van der Waals surface area contributed by atoms with Crippen molar-refractivity contribution >= 4 is 5.91 Å². The Hall–Kier alpha value is -1.75. The van der Waals surface area contributed by atoms with Gasteiger partial charge in [0.15, 0.2) is 11.5 Å². The second-order valence-corrected chi connectivity index (χ2v) is 5.90. The second-order valence-electron chi connectivity index (χ2n) is 5.90. The van der Waals surface area contributed by atoms with Crippen molar-refractivity contribution in [1.82, 2.24) is 4.90 Å². The molecule has 0 bridgehead atoms. The summed E-state index contributed by atoms with van der Waals surface area (Å²) in [6, 6.07) is 6.31. The second kappa shape index (κ2) is 6.57. The van der Waals surface area contributed by atoms with Crippen LogP contribution in [0.5, 0.6) is 11.5 Å². The molecule has 1 saturated carbocycles. The Bertz CT molecular complexity index is 541. The molecule has 0 radical (unpaired) electrons. The molecule has 22 heavy (non-hydrogen) atoms. The highest BCUT2D eigenvalue weighted by Gasteiger charge is 2.36. The number of carbonyl (C=O) groups excluding carboxylic acids is 1. The van der Waals surface area contributed by atoms with Crippen LogP contribution in [0.2, 0.25) is 0 Å². The predicted octanol–water partition coefficient (Wildman–Crippen LogP) is 2.55. The molecule has 0 N–H and O–H groups in total. The lowest BCUT2D eigenvalue weighted by Gasteiger charge is -2.30. The van der Waals surface area contributed by atoms with Gasteiger partial charge in [0.25, 0.3) is 0 Å². The minimum absolute atomic E-state index is 0.00676. The van der Waals surface area contributed by atoms with Crippen LogP contribution in [0.3, 0.4) is 0 Å². The number of ether oxygens (including phenoxy) is 3. The Morgan fingerprint density at radius 2 is 2.05 bits per heavy atom. The first-order chi connectivity index (χ1) is 10.7. The van der Waals surface area contributed by atoms with Crippen molar-refractivity contribution in [2.24, 2.45) is 0 Å². The van der Waals surface area contributed by atoms with Crippen LogP contribution in [-0.2, 0) is 9.53 Å². The first-order valence-corrected chi connectivity index (χ1v) is 7.90. The first kappa shape index (κ1) is 15.2. The summed E-state index contributed by atoms with van der Waals surface area (Å²) in [5.74, 6) is 1.61. The molecule has 1 aliphatic heterocycles. The summed E-state index contributed by atoms with van der Waals surface area (Å²) in [7, 11) is 1.56. The van der Waals surface area contributed by atoms with Crippen molar-refractivity contribution in [3.8, 4) is 11.5 Å². The highest BCUT2D eigenvalue weighted by atomic mass is 16.5. The lowest BCUT2D eigenvalue weighted by molar-refractivity contribution is -0.138. The summed E-state index contributed by atoms with van der Waals surface area (Å²) in [5.41, 5.74) is 1.07. The zero-order valence-electron chi connectivity index (χ0n) is 13.2. The zero-order chi connectivity index (χ0) is 15.5. The number of amides is 1. The normalized spacial score (nSPS) is 18.5. The number of hydrogen-bond donors (Lipinski definition) is 0. The van der Waals surface area contributed by atoms with E-state index >= 15 is 0 Å². The monoisotopic (exact) mass is 305 g/mol. The molecule has 1 fully saturated rings. The predicted molar refractivity (Wildman–Crippen MR) is 82.2 cm³/mol. The van der Waals surface area contributed by atoms with Crippen LogP contribution in [0.4, 0.5) is 0 Å². The first-order valence-electron chi connectivity index (χ1n) is 7.90. The smallest absolute Gasteiger partial charge is 0.249 e. The van der Waals surface area contributed by atoms with Gasteiger partial charge in [-0.1, -0.05) is 6.07 Å². The van der Waals surface area contributed by atoms with Gasteiger partial charge in [-0.15, -0.1) is 0 Å². The van der Waals surface area contributed by atoms with Crippen LogP contribution >= 0.6 is 0 Å². The fraction of sp³-hybridized carbons (Fsp3) is 0.588. The maximum Gasteiger partial charge on any atom is 0.249 e. The number of carbonyl (C=O) groups is 1. The molecule has 0 aromatic heterocycles. The Morgan fingerprint density at radius 3 is 2.73 bits per heavy atom. The lowest BCUT2D eigenvalue weighted by atomic mass is 10.1. The molecule has 1 unspecified atom stereocenters. The average molecular weight is 305 g/mol. The number of methoxy groups -OCH3 is 1. The summed E-state index contributed by atoms with van der Waals surface area (Å²) in [6.07, 6.45) is 3.04. The van der Waals surface area contributed by atoms with E-state index in [4.69, 9.17) is 14.2 Å². The van der Waals surface area contributed by atoms with Crippen LogP contribution in [0.1, 0.15) is 37.8 Å². The van der Waals surface area contributed by atoms with Gasteiger partial charge in [0, 0.05) is 19.6 Å². The van der Waals surface area contributed by atoms with E-state index in [0.717, 1.165) is 36.3 Å². The zero-order valence-corrected chi connectivity index (χ0v) is 13.2. The minimum atomic E-state index is 0.00676. The van der Waals surface area contributed by atoms with Crippen LogP contribution in [0.25, 0.3) is 0 Å². The maximum absolute atomic E-state index is 12.3. The topological polar surface area (TPSA) is 48.0 Å². The molecule has 5 nitrogen and oxygen atoms in total.